The molecule has 0 unspecified atom stereocenters. The van der Waals surface area contributed by atoms with Crippen molar-refractivity contribution >= 4 is 39.5 Å². The summed E-state index contributed by atoms with van der Waals surface area (Å²) in [5.41, 5.74) is 0.200. The molecule has 0 atom stereocenters. The number of nitro benzene ring substituents is 1. The van der Waals surface area contributed by atoms with Gasteiger partial charge in [-0.15, -0.1) is 11.3 Å². The number of nitro groups is 1. The zero-order valence-electron chi connectivity index (χ0n) is 10.9. The Balaban J connectivity index is 1.97. The molecule has 7 nitrogen and oxygen atoms in total. The Hall–Kier alpha value is -2.63. The number of thiophene rings is 1. The molecule has 0 saturated carbocycles. The van der Waals surface area contributed by atoms with Gasteiger partial charge in [0.25, 0.3) is 11.6 Å². The van der Waals surface area contributed by atoms with Gasteiger partial charge in [-0.2, -0.15) is 5.26 Å². The van der Waals surface area contributed by atoms with Crippen molar-refractivity contribution in [1.82, 2.24) is 0 Å². The Morgan fingerprint density at radius 2 is 2.27 bits per heavy atom. The lowest BCUT2D eigenvalue weighted by Gasteiger charge is -2.08. The van der Waals surface area contributed by atoms with E-state index in [1.165, 1.54) is 23.5 Å². The molecular weight excluding hydrogens is 330 g/mol. The van der Waals surface area contributed by atoms with Crippen LogP contribution in [0.25, 0.3) is 0 Å². The number of amides is 1. The minimum Gasteiger partial charge on any atom is -0.482 e. The largest absolute Gasteiger partial charge is 0.482 e. The smallest absolute Gasteiger partial charge is 0.271 e. The van der Waals surface area contributed by atoms with Gasteiger partial charge in [0.1, 0.15) is 16.8 Å². The molecule has 112 valence electrons. The fourth-order valence-corrected chi connectivity index (χ4v) is 2.50. The minimum absolute atomic E-state index is 0.0378. The number of carbonyl (C=O) groups is 1. The topological polar surface area (TPSA) is 105 Å². The summed E-state index contributed by atoms with van der Waals surface area (Å²) in [7, 11) is 0. The number of ether oxygens (including phenoxy) is 1. The van der Waals surface area contributed by atoms with Crippen molar-refractivity contribution in [3.63, 3.8) is 0 Å². The third-order valence-corrected chi connectivity index (χ3v) is 3.65. The summed E-state index contributed by atoms with van der Waals surface area (Å²) in [4.78, 5) is 21.8. The van der Waals surface area contributed by atoms with Crippen LogP contribution in [0.1, 0.15) is 5.56 Å². The van der Waals surface area contributed by atoms with Crippen LogP contribution >= 0.6 is 22.9 Å². The fraction of sp³-hybridized carbons (Fsp3) is 0.0769. The summed E-state index contributed by atoms with van der Waals surface area (Å²) >= 11 is 7.07. The molecule has 2 aromatic rings. The van der Waals surface area contributed by atoms with Gasteiger partial charge in [-0.3, -0.25) is 14.9 Å². The molecule has 0 spiro atoms. The number of rotatable bonds is 5. The van der Waals surface area contributed by atoms with Crippen LogP contribution in [0.4, 0.5) is 10.7 Å². The van der Waals surface area contributed by atoms with Crippen molar-refractivity contribution in [3.05, 3.63) is 50.3 Å². The van der Waals surface area contributed by atoms with Crippen LogP contribution in [-0.4, -0.2) is 17.4 Å². The number of hydrogen-bond acceptors (Lipinski definition) is 6. The van der Waals surface area contributed by atoms with E-state index in [1.807, 2.05) is 6.07 Å². The molecular formula is C13H8ClN3O4S. The maximum atomic E-state index is 11.7. The van der Waals surface area contributed by atoms with E-state index < -0.39 is 10.8 Å². The Bertz CT molecular complexity index is 769. The lowest BCUT2D eigenvalue weighted by Crippen LogP contribution is -2.20. The van der Waals surface area contributed by atoms with Gasteiger partial charge in [0.15, 0.2) is 6.61 Å². The van der Waals surface area contributed by atoms with E-state index in [9.17, 15) is 14.9 Å². The van der Waals surface area contributed by atoms with Crippen LogP contribution in [0.5, 0.6) is 5.75 Å². The number of nitriles is 1. The molecule has 1 heterocycles. The predicted molar refractivity (Wildman–Crippen MR) is 81.3 cm³/mol. The number of halogens is 1. The first kappa shape index (κ1) is 15.8. The normalized spacial score (nSPS) is 9.82. The molecule has 1 amide bonds. The number of hydrogen-bond donors (Lipinski definition) is 1. The van der Waals surface area contributed by atoms with Gasteiger partial charge in [0.2, 0.25) is 0 Å². The second kappa shape index (κ2) is 6.89. The summed E-state index contributed by atoms with van der Waals surface area (Å²) in [5, 5.41) is 24.1. The molecule has 1 aromatic carbocycles. The summed E-state index contributed by atoms with van der Waals surface area (Å²) in [6, 6.07) is 7.23. The summed E-state index contributed by atoms with van der Waals surface area (Å²) in [6.07, 6.45) is 0. The van der Waals surface area contributed by atoms with Crippen molar-refractivity contribution in [2.45, 2.75) is 0 Å². The Labute approximate surface area is 133 Å². The van der Waals surface area contributed by atoms with Crippen LogP contribution in [0.15, 0.2) is 29.6 Å². The Kier molecular flexibility index (Phi) is 4.93. The van der Waals surface area contributed by atoms with Crippen LogP contribution < -0.4 is 10.1 Å². The van der Waals surface area contributed by atoms with Gasteiger partial charge in [-0.05, 0) is 17.5 Å². The summed E-state index contributed by atoms with van der Waals surface area (Å²) < 4.78 is 5.21. The lowest BCUT2D eigenvalue weighted by atomic mass is 10.3. The number of non-ortho nitro benzene ring substituents is 1. The highest BCUT2D eigenvalue weighted by atomic mass is 35.5. The Morgan fingerprint density at radius 3 is 2.91 bits per heavy atom. The van der Waals surface area contributed by atoms with Crippen molar-refractivity contribution in [2.24, 2.45) is 0 Å². The van der Waals surface area contributed by atoms with Crippen molar-refractivity contribution < 1.29 is 14.5 Å². The molecule has 1 aromatic heterocycles. The fourth-order valence-electron chi connectivity index (χ4n) is 1.52. The van der Waals surface area contributed by atoms with E-state index in [4.69, 9.17) is 21.6 Å². The summed E-state index contributed by atoms with van der Waals surface area (Å²) in [6.45, 7) is -0.333. The third kappa shape index (κ3) is 3.72. The van der Waals surface area contributed by atoms with Crippen molar-refractivity contribution in [1.29, 1.82) is 5.26 Å². The average molecular weight is 338 g/mol. The van der Waals surface area contributed by atoms with Gasteiger partial charge in [-0.25, -0.2) is 0 Å². The van der Waals surface area contributed by atoms with Crippen molar-refractivity contribution in [3.8, 4) is 11.8 Å². The van der Waals surface area contributed by atoms with Crippen molar-refractivity contribution in [2.75, 3.05) is 11.9 Å². The third-order valence-electron chi connectivity index (χ3n) is 2.52. The predicted octanol–water partition coefficient (Wildman–Crippen LogP) is 3.20. The second-order valence-corrected chi connectivity index (χ2v) is 5.31. The van der Waals surface area contributed by atoms with Gasteiger partial charge in [0, 0.05) is 12.1 Å². The average Bonchev–Trinajstić information content (AvgIpc) is 2.92. The number of benzene rings is 1. The molecule has 0 saturated heterocycles. The molecule has 0 aliphatic rings. The molecule has 9 heteroatoms. The zero-order valence-corrected chi connectivity index (χ0v) is 12.5. The first-order valence-corrected chi connectivity index (χ1v) is 7.11. The van der Waals surface area contributed by atoms with Gasteiger partial charge in [-0.1, -0.05) is 11.6 Å². The summed E-state index contributed by atoms with van der Waals surface area (Å²) in [5.74, 6) is -0.303. The van der Waals surface area contributed by atoms with E-state index in [0.717, 1.165) is 6.07 Å². The van der Waals surface area contributed by atoms with Crippen LogP contribution in [0.2, 0.25) is 5.02 Å². The molecule has 0 fully saturated rings. The van der Waals surface area contributed by atoms with Crippen LogP contribution in [0.3, 0.4) is 0 Å². The number of anilines is 1. The van der Waals surface area contributed by atoms with Crippen LogP contribution in [-0.2, 0) is 4.79 Å². The van der Waals surface area contributed by atoms with E-state index in [2.05, 4.69) is 5.32 Å². The van der Waals surface area contributed by atoms with Crippen LogP contribution in [0, 0.1) is 21.4 Å². The van der Waals surface area contributed by atoms with Gasteiger partial charge >= 0.3 is 0 Å². The quantitative estimate of drug-likeness (QED) is 0.666. The van der Waals surface area contributed by atoms with E-state index >= 15 is 0 Å². The zero-order chi connectivity index (χ0) is 16.1. The van der Waals surface area contributed by atoms with Gasteiger partial charge < -0.3 is 10.1 Å². The molecule has 0 aliphatic carbocycles. The SMILES string of the molecule is N#Cc1ccsc1NC(=O)COc1ccc([N+](=O)[O-])cc1Cl. The number of carbonyl (C=O) groups excluding carboxylic acids is 1. The second-order valence-electron chi connectivity index (χ2n) is 3.98. The standard InChI is InChI=1S/C13H8ClN3O4S/c14-10-5-9(17(19)20)1-2-11(10)21-7-12(18)16-13-8(6-15)3-4-22-13/h1-5H,7H2,(H,16,18). The Morgan fingerprint density at radius 1 is 1.50 bits per heavy atom. The number of nitrogens with one attached hydrogen (secondary N) is 1. The highest BCUT2D eigenvalue weighted by Gasteiger charge is 2.13. The lowest BCUT2D eigenvalue weighted by molar-refractivity contribution is -0.384. The first-order valence-electron chi connectivity index (χ1n) is 5.85. The van der Waals surface area contributed by atoms with E-state index in [1.54, 1.807) is 11.4 Å². The molecule has 1 N–H and O–H groups in total. The van der Waals surface area contributed by atoms with Gasteiger partial charge in [0.05, 0.1) is 15.5 Å². The highest BCUT2D eigenvalue weighted by molar-refractivity contribution is 7.14. The molecule has 0 aliphatic heterocycles. The highest BCUT2D eigenvalue weighted by Crippen LogP contribution is 2.28. The maximum Gasteiger partial charge on any atom is 0.271 e. The minimum atomic E-state index is -0.581. The van der Waals surface area contributed by atoms with E-state index in [-0.39, 0.29) is 23.1 Å². The maximum absolute atomic E-state index is 11.7. The molecule has 0 radical (unpaired) electrons. The number of nitrogens with zero attached hydrogens (tertiary/aromatic N) is 2. The molecule has 0 bridgehead atoms. The van der Waals surface area contributed by atoms with E-state index in [0.29, 0.717) is 10.6 Å². The molecule has 22 heavy (non-hydrogen) atoms. The first-order chi connectivity index (χ1) is 10.5. The monoisotopic (exact) mass is 337 g/mol. The molecule has 2 rings (SSSR count).